The molecule has 34 heavy (non-hydrogen) atoms. The third-order valence-corrected chi connectivity index (χ3v) is 6.13. The van der Waals surface area contributed by atoms with Crippen molar-refractivity contribution in [2.45, 2.75) is 19.7 Å². The van der Waals surface area contributed by atoms with E-state index in [0.717, 1.165) is 33.6 Å². The monoisotopic (exact) mass is 449 g/mol. The van der Waals surface area contributed by atoms with Crippen molar-refractivity contribution in [1.82, 2.24) is 24.1 Å². The number of ether oxygens (including phenoxy) is 1. The van der Waals surface area contributed by atoms with Crippen LogP contribution in [0.2, 0.25) is 0 Å². The number of nitrogens with zero attached hydrogens (tertiary/aromatic N) is 5. The lowest BCUT2D eigenvalue weighted by molar-refractivity contribution is 0.0763. The number of pyridine rings is 1. The summed E-state index contributed by atoms with van der Waals surface area (Å²) < 4.78 is 9.82. The molecule has 0 aliphatic carbocycles. The van der Waals surface area contributed by atoms with Gasteiger partial charge >= 0.3 is 0 Å². The van der Waals surface area contributed by atoms with E-state index < -0.39 is 0 Å². The van der Waals surface area contributed by atoms with Gasteiger partial charge in [0, 0.05) is 44.3 Å². The second kappa shape index (κ2) is 8.19. The first-order valence-corrected chi connectivity index (χ1v) is 11.2. The Morgan fingerprint density at radius 1 is 0.971 bits per heavy atom. The Labute approximate surface area is 196 Å². The highest BCUT2D eigenvalue weighted by molar-refractivity contribution is 6.01. The van der Waals surface area contributed by atoms with Crippen LogP contribution >= 0.6 is 0 Å². The molecule has 1 aliphatic heterocycles. The van der Waals surface area contributed by atoms with Crippen molar-refractivity contribution in [3.63, 3.8) is 0 Å². The quantitative estimate of drug-likeness (QED) is 0.384. The Morgan fingerprint density at radius 2 is 1.85 bits per heavy atom. The summed E-state index contributed by atoms with van der Waals surface area (Å²) in [7, 11) is 1.91. The van der Waals surface area contributed by atoms with Crippen LogP contribution in [0.25, 0.3) is 16.8 Å². The average Bonchev–Trinajstić information content (AvgIpc) is 3.55. The van der Waals surface area contributed by atoms with E-state index in [1.165, 1.54) is 0 Å². The van der Waals surface area contributed by atoms with Gasteiger partial charge < -0.3 is 14.0 Å². The highest BCUT2D eigenvalue weighted by Gasteiger charge is 2.30. The normalized spacial score (nSPS) is 13.0. The van der Waals surface area contributed by atoms with E-state index in [1.54, 1.807) is 4.68 Å². The van der Waals surface area contributed by atoms with Crippen LogP contribution in [0.15, 0.2) is 85.5 Å². The highest BCUT2D eigenvalue weighted by Crippen LogP contribution is 2.32. The van der Waals surface area contributed by atoms with E-state index in [-0.39, 0.29) is 5.91 Å². The van der Waals surface area contributed by atoms with Crippen molar-refractivity contribution in [2.24, 2.45) is 7.05 Å². The highest BCUT2D eigenvalue weighted by atomic mass is 16.5. The van der Waals surface area contributed by atoms with Crippen LogP contribution in [0.1, 0.15) is 27.2 Å². The van der Waals surface area contributed by atoms with Gasteiger partial charge in [-0.15, -0.1) is 0 Å². The number of hydrogen-bond acceptors (Lipinski definition) is 4. The number of amides is 1. The van der Waals surface area contributed by atoms with Gasteiger partial charge in [0.1, 0.15) is 18.0 Å². The first-order chi connectivity index (χ1) is 16.6. The molecular weight excluding hydrogens is 426 g/mol. The molecule has 3 aromatic heterocycles. The lowest BCUT2D eigenvalue weighted by Crippen LogP contribution is -2.23. The van der Waals surface area contributed by atoms with Crippen molar-refractivity contribution in [2.75, 3.05) is 0 Å². The minimum absolute atomic E-state index is 0.00284. The molecule has 7 nitrogen and oxygen atoms in total. The maximum absolute atomic E-state index is 13.3. The number of benzene rings is 2. The molecule has 0 radical (unpaired) electrons. The van der Waals surface area contributed by atoms with Gasteiger partial charge in [0.2, 0.25) is 0 Å². The molecule has 1 aliphatic rings. The maximum atomic E-state index is 13.3. The molecule has 1 amide bonds. The van der Waals surface area contributed by atoms with Gasteiger partial charge in [-0.05, 0) is 34.9 Å². The first kappa shape index (κ1) is 20.2. The molecule has 4 heterocycles. The van der Waals surface area contributed by atoms with Crippen molar-refractivity contribution in [1.29, 1.82) is 0 Å². The van der Waals surface area contributed by atoms with Crippen molar-refractivity contribution >= 4 is 11.6 Å². The van der Waals surface area contributed by atoms with E-state index in [2.05, 4.69) is 34.3 Å². The lowest BCUT2D eigenvalue weighted by Gasteiger charge is -2.16. The Bertz CT molecular complexity index is 1470. The Hall–Kier alpha value is -4.39. The molecular formula is C27H23N5O2. The fourth-order valence-electron chi connectivity index (χ4n) is 4.44. The van der Waals surface area contributed by atoms with Gasteiger partial charge in [-0.1, -0.05) is 42.5 Å². The Balaban J connectivity index is 1.17. The minimum Gasteiger partial charge on any atom is -0.486 e. The zero-order valence-corrected chi connectivity index (χ0v) is 18.8. The fraction of sp³-hybridized carbons (Fsp3) is 0.148. The molecule has 7 heteroatoms. The molecule has 2 aromatic carbocycles. The zero-order valence-electron chi connectivity index (χ0n) is 18.8. The van der Waals surface area contributed by atoms with E-state index in [0.29, 0.717) is 31.0 Å². The number of hydrogen-bond donors (Lipinski definition) is 0. The van der Waals surface area contributed by atoms with E-state index in [4.69, 9.17) is 4.74 Å². The molecule has 0 unspecified atom stereocenters. The SMILES string of the molecule is Cn1cc(-c2ccc(CN3Cc4cccc(OCc5cn6ccccc6n5)c4C3=O)cc2)cn1. The summed E-state index contributed by atoms with van der Waals surface area (Å²) in [6, 6.07) is 20.0. The summed E-state index contributed by atoms with van der Waals surface area (Å²) in [5, 5.41) is 4.23. The second-order valence-corrected chi connectivity index (χ2v) is 8.54. The molecule has 0 atom stereocenters. The average molecular weight is 450 g/mol. The zero-order chi connectivity index (χ0) is 23.1. The lowest BCUT2D eigenvalue weighted by atomic mass is 10.1. The van der Waals surface area contributed by atoms with Crippen LogP contribution in [-0.4, -0.2) is 30.0 Å². The standard InChI is InChI=1S/C27H23N5O2/c1-30-15-22(13-28-30)20-10-8-19(9-11-20)14-32-16-21-5-4-6-24(26(21)27(32)33)34-18-23-17-31-12-3-2-7-25(31)29-23/h2-13,15,17H,14,16,18H2,1H3. The van der Waals surface area contributed by atoms with Crippen LogP contribution < -0.4 is 4.74 Å². The smallest absolute Gasteiger partial charge is 0.258 e. The number of aromatic nitrogens is 4. The number of carbonyl (C=O) groups excluding carboxylic acids is 1. The summed E-state index contributed by atoms with van der Waals surface area (Å²) >= 11 is 0. The van der Waals surface area contributed by atoms with Gasteiger partial charge in [0.15, 0.2) is 0 Å². The third-order valence-electron chi connectivity index (χ3n) is 6.13. The first-order valence-electron chi connectivity index (χ1n) is 11.2. The van der Waals surface area contributed by atoms with Crippen molar-refractivity contribution in [3.8, 4) is 16.9 Å². The predicted octanol–water partition coefficient (Wildman–Crippen LogP) is 4.47. The van der Waals surface area contributed by atoms with E-state index in [9.17, 15) is 4.79 Å². The molecule has 0 N–H and O–H groups in total. The molecule has 0 bridgehead atoms. The molecule has 0 saturated heterocycles. The number of imidazole rings is 1. The largest absolute Gasteiger partial charge is 0.486 e. The van der Waals surface area contributed by atoms with Crippen LogP contribution in [0.5, 0.6) is 5.75 Å². The second-order valence-electron chi connectivity index (χ2n) is 8.54. The summed E-state index contributed by atoms with van der Waals surface area (Å²) in [5.74, 6) is 0.603. The predicted molar refractivity (Wildman–Crippen MR) is 128 cm³/mol. The fourth-order valence-corrected chi connectivity index (χ4v) is 4.44. The van der Waals surface area contributed by atoms with Gasteiger partial charge in [0.25, 0.3) is 5.91 Å². The van der Waals surface area contributed by atoms with Crippen LogP contribution in [0.3, 0.4) is 0 Å². The summed E-state index contributed by atoms with van der Waals surface area (Å²) in [5.41, 5.74) is 6.60. The van der Waals surface area contributed by atoms with Crippen LogP contribution in [0.4, 0.5) is 0 Å². The summed E-state index contributed by atoms with van der Waals surface area (Å²) in [4.78, 5) is 19.7. The van der Waals surface area contributed by atoms with Crippen LogP contribution in [0, 0.1) is 0 Å². The Kier molecular flexibility index (Phi) is 4.87. The van der Waals surface area contributed by atoms with Gasteiger partial charge in [-0.2, -0.15) is 5.10 Å². The molecule has 6 rings (SSSR count). The Morgan fingerprint density at radius 3 is 2.65 bits per heavy atom. The number of fused-ring (bicyclic) bond motifs is 2. The maximum Gasteiger partial charge on any atom is 0.258 e. The molecule has 5 aromatic rings. The number of aryl methyl sites for hydroxylation is 1. The molecule has 0 saturated carbocycles. The molecule has 0 spiro atoms. The van der Waals surface area contributed by atoms with Crippen molar-refractivity contribution in [3.05, 3.63) is 108 Å². The molecule has 168 valence electrons. The van der Waals surface area contributed by atoms with Gasteiger partial charge in [0.05, 0.1) is 17.5 Å². The van der Waals surface area contributed by atoms with Gasteiger partial charge in [-0.25, -0.2) is 4.98 Å². The summed E-state index contributed by atoms with van der Waals surface area (Å²) in [6.07, 6.45) is 7.74. The summed E-state index contributed by atoms with van der Waals surface area (Å²) in [6.45, 7) is 1.43. The third kappa shape index (κ3) is 3.71. The topological polar surface area (TPSA) is 64.7 Å². The minimum atomic E-state index is -0.00284. The van der Waals surface area contributed by atoms with E-state index in [1.807, 2.05) is 77.5 Å². The van der Waals surface area contributed by atoms with E-state index >= 15 is 0 Å². The number of carbonyl (C=O) groups is 1. The molecule has 0 fully saturated rings. The van der Waals surface area contributed by atoms with Crippen molar-refractivity contribution < 1.29 is 9.53 Å². The van der Waals surface area contributed by atoms with Crippen LogP contribution in [-0.2, 0) is 26.7 Å². The number of rotatable bonds is 6. The van der Waals surface area contributed by atoms with Gasteiger partial charge in [-0.3, -0.25) is 9.48 Å².